The van der Waals surface area contributed by atoms with E-state index in [4.69, 9.17) is 0 Å². The van der Waals surface area contributed by atoms with Crippen molar-refractivity contribution in [2.24, 2.45) is 5.92 Å². The van der Waals surface area contributed by atoms with Crippen LogP contribution in [-0.2, 0) is 11.3 Å². The summed E-state index contributed by atoms with van der Waals surface area (Å²) >= 11 is 0. The highest BCUT2D eigenvalue weighted by atomic mass is 19.1. The highest BCUT2D eigenvalue weighted by molar-refractivity contribution is 5.94. The van der Waals surface area contributed by atoms with Crippen molar-refractivity contribution in [1.29, 1.82) is 0 Å². The van der Waals surface area contributed by atoms with E-state index in [0.29, 0.717) is 12.1 Å². The number of rotatable bonds is 6. The maximum atomic E-state index is 14.4. The number of hydrogen-bond acceptors (Lipinski definition) is 3. The highest BCUT2D eigenvalue weighted by Crippen LogP contribution is 2.29. The molecule has 1 saturated heterocycles. The van der Waals surface area contributed by atoms with Crippen molar-refractivity contribution in [3.63, 3.8) is 0 Å². The summed E-state index contributed by atoms with van der Waals surface area (Å²) in [5.74, 6) is -0.0731. The van der Waals surface area contributed by atoms with Gasteiger partial charge >= 0.3 is 0 Å². The monoisotopic (exact) mass is 358 g/mol. The number of carbonyl (C=O) groups excluding carboxylic acids is 1. The molecule has 1 aliphatic heterocycles. The van der Waals surface area contributed by atoms with E-state index in [1.54, 1.807) is 29.3 Å². The number of aromatic nitrogens is 2. The van der Waals surface area contributed by atoms with Gasteiger partial charge in [0.25, 0.3) is 0 Å². The number of amides is 1. The molecule has 2 aromatic rings. The number of piperidine rings is 1. The molecule has 0 spiro atoms. The zero-order valence-corrected chi connectivity index (χ0v) is 15.5. The number of anilines is 1. The minimum Gasteiger partial charge on any atom is -0.306 e. The quantitative estimate of drug-likeness (QED) is 0.796. The molecular weight excluding hydrogens is 331 g/mol. The normalized spacial score (nSPS) is 20.9. The van der Waals surface area contributed by atoms with Crippen LogP contribution in [0.1, 0.15) is 26.7 Å². The molecular formula is C20H27FN4O. The number of benzene rings is 1. The Morgan fingerprint density at radius 1 is 1.31 bits per heavy atom. The first kappa shape index (κ1) is 18.6. The Bertz CT molecular complexity index is 718. The van der Waals surface area contributed by atoms with Crippen LogP contribution in [0.5, 0.6) is 0 Å². The summed E-state index contributed by atoms with van der Waals surface area (Å²) in [6.45, 7) is 7.57. The minimum atomic E-state index is -0.331. The van der Waals surface area contributed by atoms with E-state index >= 15 is 0 Å². The average Bonchev–Trinajstić information content (AvgIpc) is 3.16. The van der Waals surface area contributed by atoms with Gasteiger partial charge in [-0.05, 0) is 30.5 Å². The fraction of sp³-hybridized carbons (Fsp3) is 0.500. The molecule has 0 N–H and O–H groups in total. The largest absolute Gasteiger partial charge is 0.306 e. The van der Waals surface area contributed by atoms with E-state index < -0.39 is 0 Å². The summed E-state index contributed by atoms with van der Waals surface area (Å²) in [5.41, 5.74) is 0.404. The summed E-state index contributed by atoms with van der Waals surface area (Å²) in [6, 6.07) is 8.54. The molecule has 0 unspecified atom stereocenters. The molecule has 0 radical (unpaired) electrons. The molecule has 1 fully saturated rings. The van der Waals surface area contributed by atoms with Crippen molar-refractivity contribution in [2.45, 2.75) is 39.3 Å². The van der Waals surface area contributed by atoms with E-state index in [2.05, 4.69) is 16.9 Å². The molecule has 2 heterocycles. The van der Waals surface area contributed by atoms with Crippen molar-refractivity contribution in [1.82, 2.24) is 14.7 Å². The second kappa shape index (κ2) is 8.45. The van der Waals surface area contributed by atoms with E-state index in [-0.39, 0.29) is 23.7 Å². The maximum Gasteiger partial charge on any atom is 0.227 e. The van der Waals surface area contributed by atoms with Crippen molar-refractivity contribution < 1.29 is 9.18 Å². The molecule has 0 bridgehead atoms. The number of nitrogens with zero attached hydrogens (tertiary/aromatic N) is 4. The first-order valence-corrected chi connectivity index (χ1v) is 9.36. The van der Waals surface area contributed by atoms with Crippen LogP contribution in [0.3, 0.4) is 0 Å². The first-order valence-electron chi connectivity index (χ1n) is 9.36. The smallest absolute Gasteiger partial charge is 0.227 e. The molecule has 1 aromatic heterocycles. The molecule has 5 nitrogen and oxygen atoms in total. The lowest BCUT2D eigenvalue weighted by molar-refractivity contribution is -0.119. The van der Waals surface area contributed by atoms with Gasteiger partial charge in [-0.15, -0.1) is 0 Å². The van der Waals surface area contributed by atoms with Crippen molar-refractivity contribution in [3.8, 4) is 0 Å². The third kappa shape index (κ3) is 4.12. The molecule has 1 aliphatic rings. The number of para-hydroxylation sites is 1. The van der Waals surface area contributed by atoms with Gasteiger partial charge in [0.2, 0.25) is 5.91 Å². The van der Waals surface area contributed by atoms with Crippen molar-refractivity contribution in [2.75, 3.05) is 24.5 Å². The summed E-state index contributed by atoms with van der Waals surface area (Å²) in [6.07, 6.45) is 4.98. The zero-order valence-electron chi connectivity index (χ0n) is 15.5. The third-order valence-corrected chi connectivity index (χ3v) is 5.16. The van der Waals surface area contributed by atoms with Crippen LogP contribution < -0.4 is 4.90 Å². The lowest BCUT2D eigenvalue weighted by Crippen LogP contribution is -2.53. The minimum absolute atomic E-state index is 0.0167. The predicted molar refractivity (Wildman–Crippen MR) is 100 cm³/mol. The molecule has 26 heavy (non-hydrogen) atoms. The van der Waals surface area contributed by atoms with Gasteiger partial charge in [0.1, 0.15) is 5.82 Å². The van der Waals surface area contributed by atoms with Crippen LogP contribution in [0.15, 0.2) is 42.7 Å². The topological polar surface area (TPSA) is 41.4 Å². The van der Waals surface area contributed by atoms with Gasteiger partial charge < -0.3 is 9.80 Å². The van der Waals surface area contributed by atoms with Gasteiger partial charge in [-0.1, -0.05) is 26.0 Å². The Hall–Kier alpha value is -2.21. The van der Waals surface area contributed by atoms with Crippen LogP contribution in [0, 0.1) is 11.7 Å². The predicted octanol–water partition coefficient (Wildman–Crippen LogP) is 3.18. The average molecular weight is 358 g/mol. The molecule has 1 amide bonds. The van der Waals surface area contributed by atoms with E-state index in [0.717, 1.165) is 32.6 Å². The first-order chi connectivity index (χ1) is 12.6. The summed E-state index contributed by atoms with van der Waals surface area (Å²) in [5, 5.41) is 4.24. The van der Waals surface area contributed by atoms with Gasteiger partial charge in [0.15, 0.2) is 0 Å². The molecule has 3 rings (SSSR count). The summed E-state index contributed by atoms with van der Waals surface area (Å²) in [7, 11) is 0. The Labute approximate surface area is 154 Å². The lowest BCUT2D eigenvalue weighted by Gasteiger charge is -2.42. The van der Waals surface area contributed by atoms with Gasteiger partial charge in [-0.25, -0.2) is 4.39 Å². The van der Waals surface area contributed by atoms with E-state index in [9.17, 15) is 9.18 Å². The van der Waals surface area contributed by atoms with Crippen molar-refractivity contribution >= 4 is 11.6 Å². The Kier molecular flexibility index (Phi) is 6.04. The Balaban J connectivity index is 1.69. The van der Waals surface area contributed by atoms with Gasteiger partial charge in [-0.2, -0.15) is 5.10 Å². The van der Waals surface area contributed by atoms with Crippen LogP contribution in [-0.4, -0.2) is 46.3 Å². The fourth-order valence-electron chi connectivity index (χ4n) is 3.80. The standard InChI is InChI=1S/C20H27FN4O/c1-3-20(26)25(19-8-5-4-7-17(19)21)18-9-12-23(15-16(18)2)13-14-24-11-6-10-22-24/h4-8,10-11,16,18H,3,9,12-15H2,1-2H3/t16-,18+/m0/s1. The molecule has 1 aromatic carbocycles. The second-order valence-corrected chi connectivity index (χ2v) is 6.97. The lowest BCUT2D eigenvalue weighted by atomic mass is 9.91. The van der Waals surface area contributed by atoms with Gasteiger partial charge in [0, 0.05) is 44.5 Å². The number of hydrogen-bond donors (Lipinski definition) is 0. The van der Waals surface area contributed by atoms with Crippen LogP contribution >= 0.6 is 0 Å². The molecule has 140 valence electrons. The fourth-order valence-corrected chi connectivity index (χ4v) is 3.80. The summed E-state index contributed by atoms with van der Waals surface area (Å²) < 4.78 is 16.3. The van der Waals surface area contributed by atoms with Gasteiger partial charge in [-0.3, -0.25) is 9.48 Å². The summed E-state index contributed by atoms with van der Waals surface area (Å²) in [4.78, 5) is 16.7. The number of halogens is 1. The Morgan fingerprint density at radius 2 is 2.12 bits per heavy atom. The highest BCUT2D eigenvalue weighted by Gasteiger charge is 2.34. The second-order valence-electron chi connectivity index (χ2n) is 6.97. The number of carbonyl (C=O) groups is 1. The zero-order chi connectivity index (χ0) is 18.5. The van der Waals surface area contributed by atoms with Crippen molar-refractivity contribution in [3.05, 3.63) is 48.5 Å². The van der Waals surface area contributed by atoms with Gasteiger partial charge in [0.05, 0.1) is 12.2 Å². The van der Waals surface area contributed by atoms with E-state index in [1.807, 2.05) is 23.9 Å². The molecule has 0 saturated carbocycles. The van der Waals surface area contributed by atoms with E-state index in [1.165, 1.54) is 6.07 Å². The number of likely N-dealkylation sites (tertiary alicyclic amines) is 1. The van der Waals surface area contributed by atoms with Crippen LogP contribution in [0.25, 0.3) is 0 Å². The van der Waals surface area contributed by atoms with Crippen LogP contribution in [0.2, 0.25) is 0 Å². The third-order valence-electron chi connectivity index (χ3n) is 5.16. The molecule has 2 atom stereocenters. The maximum absolute atomic E-state index is 14.4. The SMILES string of the molecule is CCC(=O)N(c1ccccc1F)[C@@H]1CCN(CCn2cccn2)C[C@@H]1C. The molecule has 0 aliphatic carbocycles. The van der Waals surface area contributed by atoms with Crippen LogP contribution in [0.4, 0.5) is 10.1 Å². The molecule has 6 heteroatoms. The Morgan fingerprint density at radius 3 is 2.77 bits per heavy atom.